The SMILES string of the molecule is CC[C@](C)(O)NO. The van der Waals surface area contributed by atoms with Crippen LogP contribution in [0.4, 0.5) is 0 Å². The van der Waals surface area contributed by atoms with E-state index < -0.39 is 5.72 Å². The maximum absolute atomic E-state index is 8.77. The zero-order valence-corrected chi connectivity index (χ0v) is 4.60. The van der Waals surface area contributed by atoms with Gasteiger partial charge in [-0.2, -0.15) is 5.48 Å². The van der Waals surface area contributed by atoms with Gasteiger partial charge in [0.2, 0.25) is 0 Å². The Labute approximate surface area is 42.9 Å². The minimum absolute atomic E-state index is 0.490. The average molecular weight is 105 g/mol. The van der Waals surface area contributed by atoms with Crippen molar-refractivity contribution in [1.29, 1.82) is 0 Å². The summed E-state index contributed by atoms with van der Waals surface area (Å²) in [6.07, 6.45) is 0.490. The molecule has 0 spiro atoms. The largest absolute Gasteiger partial charge is 0.374 e. The molecule has 0 unspecified atom stereocenters. The Bertz CT molecular complexity index is 47.7. The number of nitrogens with one attached hydrogen (secondary N) is 1. The first kappa shape index (κ1) is 6.88. The number of rotatable bonds is 2. The predicted octanol–water partition coefficient (Wildman–Crippen LogP) is 0.0837. The van der Waals surface area contributed by atoms with Crippen LogP contribution in [0.15, 0.2) is 0 Å². The third-order valence-electron chi connectivity index (χ3n) is 0.929. The third kappa shape index (κ3) is 2.56. The summed E-state index contributed by atoms with van der Waals surface area (Å²) >= 11 is 0. The predicted molar refractivity (Wildman–Crippen MR) is 25.8 cm³/mol. The Kier molecular flexibility index (Phi) is 2.22. The fourth-order valence-corrected chi connectivity index (χ4v) is 0.0791. The Balaban J connectivity index is 3.36. The van der Waals surface area contributed by atoms with Crippen molar-refractivity contribution < 1.29 is 10.3 Å². The molecule has 0 saturated heterocycles. The molecular weight excluding hydrogens is 94.0 g/mol. The molecule has 3 heteroatoms. The van der Waals surface area contributed by atoms with E-state index in [1.165, 1.54) is 6.92 Å². The van der Waals surface area contributed by atoms with Gasteiger partial charge in [-0.25, -0.2) is 0 Å². The van der Waals surface area contributed by atoms with E-state index in [1.807, 2.05) is 0 Å². The van der Waals surface area contributed by atoms with Gasteiger partial charge in [-0.1, -0.05) is 6.92 Å². The van der Waals surface area contributed by atoms with Gasteiger partial charge in [0, 0.05) is 0 Å². The molecule has 3 N–H and O–H groups in total. The van der Waals surface area contributed by atoms with Crippen molar-refractivity contribution in [1.82, 2.24) is 5.48 Å². The van der Waals surface area contributed by atoms with Crippen LogP contribution in [0.5, 0.6) is 0 Å². The Morgan fingerprint density at radius 2 is 2.14 bits per heavy atom. The summed E-state index contributed by atoms with van der Waals surface area (Å²) in [4.78, 5) is 0. The van der Waals surface area contributed by atoms with Crippen LogP contribution < -0.4 is 5.48 Å². The highest BCUT2D eigenvalue weighted by Crippen LogP contribution is 1.99. The summed E-state index contributed by atoms with van der Waals surface area (Å²) in [6, 6.07) is 0. The second-order valence-electron chi connectivity index (χ2n) is 1.74. The highest BCUT2D eigenvalue weighted by molar-refractivity contribution is 4.58. The maximum atomic E-state index is 8.77. The van der Waals surface area contributed by atoms with Crippen LogP contribution >= 0.6 is 0 Å². The van der Waals surface area contributed by atoms with E-state index in [1.54, 1.807) is 12.4 Å². The van der Waals surface area contributed by atoms with Gasteiger partial charge in [0.15, 0.2) is 0 Å². The summed E-state index contributed by atoms with van der Waals surface area (Å²) in [6.45, 7) is 3.26. The van der Waals surface area contributed by atoms with Crippen molar-refractivity contribution in [3.05, 3.63) is 0 Å². The minimum atomic E-state index is -1.11. The third-order valence-corrected chi connectivity index (χ3v) is 0.929. The minimum Gasteiger partial charge on any atom is -0.374 e. The number of aliphatic hydroxyl groups is 1. The molecule has 0 bridgehead atoms. The van der Waals surface area contributed by atoms with Crippen LogP contribution in [0.25, 0.3) is 0 Å². The quantitative estimate of drug-likeness (QED) is 0.344. The van der Waals surface area contributed by atoms with E-state index in [4.69, 9.17) is 10.3 Å². The van der Waals surface area contributed by atoms with Crippen molar-refractivity contribution in [2.75, 3.05) is 0 Å². The van der Waals surface area contributed by atoms with Gasteiger partial charge in [-0.05, 0) is 13.3 Å². The molecule has 1 atom stereocenters. The van der Waals surface area contributed by atoms with Gasteiger partial charge in [-0.15, -0.1) is 0 Å². The van der Waals surface area contributed by atoms with Gasteiger partial charge in [0.1, 0.15) is 5.72 Å². The standard InChI is InChI=1S/C4H11NO2/c1-3-4(2,6)5-7/h5-7H,3H2,1-2H3/t4-/m0/s1. The normalized spacial score (nSPS) is 18.9. The average Bonchev–Trinajstić information content (AvgIpc) is 1.68. The maximum Gasteiger partial charge on any atom is 0.134 e. The lowest BCUT2D eigenvalue weighted by Crippen LogP contribution is -2.38. The zero-order chi connectivity index (χ0) is 5.91. The molecule has 44 valence electrons. The molecule has 0 heterocycles. The molecule has 3 nitrogen and oxygen atoms in total. The topological polar surface area (TPSA) is 52.5 Å². The summed E-state index contributed by atoms with van der Waals surface area (Å²) in [5.41, 5.74) is 0.635. The number of hydrogen-bond donors (Lipinski definition) is 3. The zero-order valence-electron chi connectivity index (χ0n) is 4.60. The molecule has 0 aromatic carbocycles. The molecule has 7 heavy (non-hydrogen) atoms. The summed E-state index contributed by atoms with van der Waals surface area (Å²) < 4.78 is 0. The smallest absolute Gasteiger partial charge is 0.134 e. The molecule has 0 saturated carbocycles. The van der Waals surface area contributed by atoms with E-state index in [0.29, 0.717) is 6.42 Å². The van der Waals surface area contributed by atoms with E-state index in [9.17, 15) is 0 Å². The van der Waals surface area contributed by atoms with E-state index >= 15 is 0 Å². The van der Waals surface area contributed by atoms with Crippen molar-refractivity contribution >= 4 is 0 Å². The van der Waals surface area contributed by atoms with Crippen molar-refractivity contribution in [2.24, 2.45) is 0 Å². The van der Waals surface area contributed by atoms with E-state index in [-0.39, 0.29) is 0 Å². The molecule has 0 aromatic rings. The van der Waals surface area contributed by atoms with Crippen molar-refractivity contribution in [3.63, 3.8) is 0 Å². The van der Waals surface area contributed by atoms with Crippen LogP contribution in [0.1, 0.15) is 20.3 Å². The van der Waals surface area contributed by atoms with Gasteiger partial charge < -0.3 is 10.3 Å². The molecule has 0 radical (unpaired) electrons. The highest BCUT2D eigenvalue weighted by atomic mass is 16.5. The van der Waals surface area contributed by atoms with Crippen LogP contribution in [-0.2, 0) is 0 Å². The first-order valence-corrected chi connectivity index (χ1v) is 2.26. The van der Waals surface area contributed by atoms with Crippen LogP contribution in [0.2, 0.25) is 0 Å². The molecule has 0 aromatic heterocycles. The molecule has 0 aliphatic rings. The molecule has 0 fully saturated rings. The molecular formula is C4H11NO2. The number of hydrogen-bond acceptors (Lipinski definition) is 3. The second kappa shape index (κ2) is 2.26. The molecule has 0 amide bonds. The van der Waals surface area contributed by atoms with Crippen LogP contribution in [0, 0.1) is 0 Å². The second-order valence-corrected chi connectivity index (χ2v) is 1.74. The molecule has 0 aliphatic carbocycles. The van der Waals surface area contributed by atoms with Crippen LogP contribution in [0.3, 0.4) is 0 Å². The Hall–Kier alpha value is -0.120. The summed E-state index contributed by atoms with van der Waals surface area (Å²) in [5.74, 6) is 0. The first-order valence-electron chi connectivity index (χ1n) is 2.26. The van der Waals surface area contributed by atoms with E-state index in [2.05, 4.69) is 0 Å². The fourth-order valence-electron chi connectivity index (χ4n) is 0.0791. The van der Waals surface area contributed by atoms with Crippen molar-refractivity contribution in [2.45, 2.75) is 26.0 Å². The fraction of sp³-hybridized carbons (Fsp3) is 1.00. The Morgan fingerprint density at radius 1 is 1.71 bits per heavy atom. The van der Waals surface area contributed by atoms with Gasteiger partial charge >= 0.3 is 0 Å². The number of hydroxylamine groups is 1. The molecule has 0 aliphatic heterocycles. The molecule has 0 rings (SSSR count). The van der Waals surface area contributed by atoms with Gasteiger partial charge in [0.05, 0.1) is 0 Å². The van der Waals surface area contributed by atoms with Crippen LogP contribution in [-0.4, -0.2) is 16.0 Å². The first-order chi connectivity index (χ1) is 3.12. The summed E-state index contributed by atoms with van der Waals surface area (Å²) in [7, 11) is 0. The summed E-state index contributed by atoms with van der Waals surface area (Å²) in [5, 5.41) is 16.9. The van der Waals surface area contributed by atoms with E-state index in [0.717, 1.165) is 0 Å². The van der Waals surface area contributed by atoms with Crippen molar-refractivity contribution in [3.8, 4) is 0 Å². The Morgan fingerprint density at radius 3 is 2.14 bits per heavy atom. The monoisotopic (exact) mass is 105 g/mol. The highest BCUT2D eigenvalue weighted by Gasteiger charge is 2.13. The van der Waals surface area contributed by atoms with Gasteiger partial charge in [-0.3, -0.25) is 0 Å². The lowest BCUT2D eigenvalue weighted by molar-refractivity contribution is -0.0815. The van der Waals surface area contributed by atoms with Gasteiger partial charge in [0.25, 0.3) is 0 Å². The lowest BCUT2D eigenvalue weighted by atomic mass is 10.2. The lowest BCUT2D eigenvalue weighted by Gasteiger charge is -2.17.